The third-order valence-corrected chi connectivity index (χ3v) is 4.29. The van der Waals surface area contributed by atoms with Gasteiger partial charge < -0.3 is 10.6 Å². The molecule has 1 aromatic carbocycles. The van der Waals surface area contributed by atoms with Crippen molar-refractivity contribution < 1.29 is 4.79 Å². The Morgan fingerprint density at radius 3 is 2.86 bits per heavy atom. The van der Waals surface area contributed by atoms with Crippen LogP contribution in [-0.2, 0) is 4.79 Å². The Balaban J connectivity index is 2.02. The van der Waals surface area contributed by atoms with Crippen LogP contribution in [0.3, 0.4) is 0 Å². The molecule has 2 N–H and O–H groups in total. The minimum atomic E-state index is 0.00318. The number of hydrogen-bond donors (Lipinski definition) is 2. The molecule has 2 unspecified atom stereocenters. The largest absolute Gasteiger partial charge is 0.385 e. The zero-order valence-corrected chi connectivity index (χ0v) is 13.3. The maximum atomic E-state index is 12.7. The van der Waals surface area contributed by atoms with E-state index < -0.39 is 0 Å². The number of fused-ring (bicyclic) bond motifs is 1. The molecule has 0 aromatic heterocycles. The predicted molar refractivity (Wildman–Crippen MR) is 88.7 cm³/mol. The zero-order valence-electron chi connectivity index (χ0n) is 13.3. The van der Waals surface area contributed by atoms with E-state index in [2.05, 4.69) is 36.6 Å². The van der Waals surface area contributed by atoms with Gasteiger partial charge in [0.25, 0.3) is 0 Å². The van der Waals surface area contributed by atoms with Crippen LogP contribution in [-0.4, -0.2) is 18.5 Å². The Morgan fingerprint density at radius 1 is 1.29 bits per heavy atom. The highest BCUT2D eigenvalue weighted by molar-refractivity contribution is 5.86. The molecule has 0 saturated heterocycles. The molecular weight excluding hydrogens is 260 g/mol. The second-order valence-electron chi connectivity index (χ2n) is 5.99. The molecule has 2 atom stereocenters. The van der Waals surface area contributed by atoms with Crippen LogP contribution in [0.4, 0.5) is 5.69 Å². The summed E-state index contributed by atoms with van der Waals surface area (Å²) in [6.07, 6.45) is 6.56. The minimum absolute atomic E-state index is 0.00318. The van der Waals surface area contributed by atoms with Crippen LogP contribution in [0.5, 0.6) is 0 Å². The van der Waals surface area contributed by atoms with E-state index in [9.17, 15) is 4.79 Å². The van der Waals surface area contributed by atoms with Gasteiger partial charge in [0, 0.05) is 18.3 Å². The molecular formula is C18H28N2O. The van der Waals surface area contributed by atoms with E-state index in [-0.39, 0.29) is 11.8 Å². The summed E-state index contributed by atoms with van der Waals surface area (Å²) in [5.74, 6) is 0.210. The van der Waals surface area contributed by atoms with Crippen LogP contribution >= 0.6 is 0 Å². The first-order chi connectivity index (χ1) is 10.3. The zero-order chi connectivity index (χ0) is 15.1. The Labute approximate surface area is 128 Å². The lowest BCUT2D eigenvalue weighted by Gasteiger charge is -2.28. The van der Waals surface area contributed by atoms with Gasteiger partial charge in [-0.15, -0.1) is 0 Å². The van der Waals surface area contributed by atoms with Crippen molar-refractivity contribution in [2.75, 3.05) is 11.9 Å². The number of anilines is 1. The number of rotatable bonds is 7. The molecule has 0 aliphatic carbocycles. The van der Waals surface area contributed by atoms with Crippen molar-refractivity contribution in [3.8, 4) is 0 Å². The van der Waals surface area contributed by atoms with Crippen molar-refractivity contribution in [3.63, 3.8) is 0 Å². The average molecular weight is 288 g/mol. The van der Waals surface area contributed by atoms with E-state index in [4.69, 9.17) is 0 Å². The number of amides is 1. The Bertz CT molecular complexity index is 458. The maximum Gasteiger partial charge on any atom is 0.227 e. The van der Waals surface area contributed by atoms with Gasteiger partial charge in [-0.2, -0.15) is 0 Å². The molecule has 1 amide bonds. The molecule has 2 rings (SSSR count). The van der Waals surface area contributed by atoms with Gasteiger partial charge in [0.2, 0.25) is 5.91 Å². The molecule has 1 aromatic rings. The van der Waals surface area contributed by atoms with Gasteiger partial charge in [0.15, 0.2) is 0 Å². The lowest BCUT2D eigenvalue weighted by molar-refractivity contribution is -0.123. The molecule has 0 radical (unpaired) electrons. The molecule has 0 spiro atoms. The Morgan fingerprint density at radius 2 is 2.10 bits per heavy atom. The normalized spacial score (nSPS) is 18.5. The Kier molecular flexibility index (Phi) is 6.09. The van der Waals surface area contributed by atoms with E-state index >= 15 is 0 Å². The number of unbranched alkanes of at least 4 members (excludes halogenated alkanes) is 1. The molecule has 1 aliphatic heterocycles. The van der Waals surface area contributed by atoms with Crippen LogP contribution in [0.1, 0.15) is 63.9 Å². The summed E-state index contributed by atoms with van der Waals surface area (Å²) >= 11 is 0. The van der Waals surface area contributed by atoms with Gasteiger partial charge in [-0.3, -0.25) is 4.79 Å². The monoisotopic (exact) mass is 288 g/mol. The molecule has 0 saturated carbocycles. The summed E-state index contributed by atoms with van der Waals surface area (Å²) in [6.45, 7) is 5.27. The summed E-state index contributed by atoms with van der Waals surface area (Å²) in [4.78, 5) is 12.7. The van der Waals surface area contributed by atoms with Crippen LogP contribution in [0.15, 0.2) is 24.3 Å². The highest BCUT2D eigenvalue weighted by atomic mass is 16.1. The highest BCUT2D eigenvalue weighted by Crippen LogP contribution is 2.31. The van der Waals surface area contributed by atoms with Crippen molar-refractivity contribution in [2.24, 2.45) is 0 Å². The molecule has 1 heterocycles. The van der Waals surface area contributed by atoms with E-state index in [1.807, 2.05) is 12.1 Å². The third kappa shape index (κ3) is 4.23. The fourth-order valence-electron chi connectivity index (χ4n) is 3.13. The van der Waals surface area contributed by atoms with Crippen molar-refractivity contribution in [1.29, 1.82) is 0 Å². The molecule has 21 heavy (non-hydrogen) atoms. The standard InChI is InChI=1S/C18H28N2O/c1-3-5-9-14(8-4-2)20-18(21)16-12-13-19-17-11-7-6-10-15(16)17/h6-7,10-11,14,16,19H,3-5,8-9,12-13H2,1-2H3,(H,20,21). The van der Waals surface area contributed by atoms with Gasteiger partial charge in [-0.1, -0.05) is 51.3 Å². The number of nitrogens with one attached hydrogen (secondary N) is 2. The van der Waals surface area contributed by atoms with Crippen molar-refractivity contribution >= 4 is 11.6 Å². The topological polar surface area (TPSA) is 41.1 Å². The van der Waals surface area contributed by atoms with Crippen LogP contribution < -0.4 is 10.6 Å². The quantitative estimate of drug-likeness (QED) is 0.794. The average Bonchev–Trinajstić information content (AvgIpc) is 2.52. The molecule has 0 fully saturated rings. The first kappa shape index (κ1) is 15.9. The second-order valence-corrected chi connectivity index (χ2v) is 5.99. The molecule has 3 heteroatoms. The molecule has 1 aliphatic rings. The summed E-state index contributed by atoms with van der Waals surface area (Å²) in [7, 11) is 0. The van der Waals surface area contributed by atoms with E-state index in [0.29, 0.717) is 6.04 Å². The van der Waals surface area contributed by atoms with Gasteiger partial charge in [0.1, 0.15) is 0 Å². The highest BCUT2D eigenvalue weighted by Gasteiger charge is 2.27. The summed E-state index contributed by atoms with van der Waals surface area (Å²) in [6, 6.07) is 8.52. The fraction of sp³-hybridized carbons (Fsp3) is 0.611. The van der Waals surface area contributed by atoms with Gasteiger partial charge in [-0.25, -0.2) is 0 Å². The summed E-state index contributed by atoms with van der Waals surface area (Å²) in [5.41, 5.74) is 2.26. The van der Waals surface area contributed by atoms with Gasteiger partial charge >= 0.3 is 0 Å². The molecule has 116 valence electrons. The van der Waals surface area contributed by atoms with Crippen LogP contribution in [0.2, 0.25) is 0 Å². The third-order valence-electron chi connectivity index (χ3n) is 4.29. The number of para-hydroxylation sites is 1. The van der Waals surface area contributed by atoms with Crippen molar-refractivity contribution in [1.82, 2.24) is 5.32 Å². The van der Waals surface area contributed by atoms with Crippen molar-refractivity contribution in [3.05, 3.63) is 29.8 Å². The maximum absolute atomic E-state index is 12.7. The van der Waals surface area contributed by atoms with E-state index in [0.717, 1.165) is 43.5 Å². The van der Waals surface area contributed by atoms with Gasteiger partial charge in [-0.05, 0) is 30.9 Å². The lowest BCUT2D eigenvalue weighted by atomic mass is 9.89. The molecule has 0 bridgehead atoms. The SMILES string of the molecule is CCCCC(CCC)NC(=O)C1CCNc2ccccc21. The lowest BCUT2D eigenvalue weighted by Crippen LogP contribution is -2.39. The first-order valence-corrected chi connectivity index (χ1v) is 8.39. The number of benzene rings is 1. The minimum Gasteiger partial charge on any atom is -0.385 e. The summed E-state index contributed by atoms with van der Waals surface area (Å²) in [5, 5.41) is 6.68. The summed E-state index contributed by atoms with van der Waals surface area (Å²) < 4.78 is 0. The predicted octanol–water partition coefficient (Wildman–Crippen LogP) is 4.06. The van der Waals surface area contributed by atoms with E-state index in [1.165, 1.54) is 12.8 Å². The van der Waals surface area contributed by atoms with Gasteiger partial charge in [0.05, 0.1) is 5.92 Å². The Hall–Kier alpha value is -1.51. The second kappa shape index (κ2) is 8.06. The number of carbonyl (C=O) groups is 1. The van der Waals surface area contributed by atoms with Crippen LogP contribution in [0.25, 0.3) is 0 Å². The smallest absolute Gasteiger partial charge is 0.227 e. The van der Waals surface area contributed by atoms with Crippen LogP contribution in [0, 0.1) is 0 Å². The van der Waals surface area contributed by atoms with Crippen molar-refractivity contribution in [2.45, 2.75) is 64.3 Å². The fourth-order valence-corrected chi connectivity index (χ4v) is 3.13. The van der Waals surface area contributed by atoms with E-state index in [1.54, 1.807) is 0 Å². The number of hydrogen-bond acceptors (Lipinski definition) is 2. The number of carbonyl (C=O) groups excluding carboxylic acids is 1. The first-order valence-electron chi connectivity index (χ1n) is 8.39. The molecule has 3 nitrogen and oxygen atoms in total.